The molecule has 0 radical (unpaired) electrons. The maximum atomic E-state index is 12.2. The van der Waals surface area contributed by atoms with Gasteiger partial charge in [0.1, 0.15) is 0 Å². The van der Waals surface area contributed by atoms with Crippen molar-refractivity contribution in [3.05, 3.63) is 75.8 Å². The van der Waals surface area contributed by atoms with E-state index in [0.29, 0.717) is 17.0 Å². The summed E-state index contributed by atoms with van der Waals surface area (Å²) in [4.78, 5) is 31.6. The van der Waals surface area contributed by atoms with Crippen molar-refractivity contribution >= 4 is 17.2 Å². The first-order chi connectivity index (χ1) is 13.1. The van der Waals surface area contributed by atoms with Crippen LogP contribution >= 0.6 is 11.3 Å². The molecule has 1 amide bonds. The summed E-state index contributed by atoms with van der Waals surface area (Å²) < 4.78 is 0. The molecule has 0 spiro atoms. The van der Waals surface area contributed by atoms with E-state index in [2.05, 4.69) is 32.3 Å². The Bertz CT molecular complexity index is 959. The van der Waals surface area contributed by atoms with E-state index in [-0.39, 0.29) is 5.91 Å². The molecule has 0 aliphatic heterocycles. The van der Waals surface area contributed by atoms with Crippen LogP contribution in [-0.4, -0.2) is 27.0 Å². The quantitative estimate of drug-likeness (QED) is 0.546. The average Bonchev–Trinajstić information content (AvgIpc) is 3.11. The first kappa shape index (κ1) is 18.7. The zero-order valence-corrected chi connectivity index (χ0v) is 15.8. The Morgan fingerprint density at radius 3 is 2.63 bits per heavy atom. The van der Waals surface area contributed by atoms with Gasteiger partial charge in [-0.1, -0.05) is 24.1 Å². The minimum Gasteiger partial charge on any atom is -0.267 e. The van der Waals surface area contributed by atoms with E-state index in [1.54, 1.807) is 42.9 Å². The number of rotatable bonds is 5. The lowest BCUT2D eigenvalue weighted by Gasteiger charge is -2.12. The Morgan fingerprint density at radius 1 is 1.15 bits per heavy atom. The summed E-state index contributed by atoms with van der Waals surface area (Å²) in [6.07, 6.45) is 4.94. The molecule has 0 aliphatic carbocycles. The summed E-state index contributed by atoms with van der Waals surface area (Å²) in [6.45, 7) is 3.84. The number of carbonyl (C=O) groups is 1. The molecule has 0 saturated heterocycles. The fourth-order valence-electron chi connectivity index (χ4n) is 2.16. The van der Waals surface area contributed by atoms with Gasteiger partial charge in [-0.3, -0.25) is 19.6 Å². The van der Waals surface area contributed by atoms with E-state index >= 15 is 0 Å². The highest BCUT2D eigenvalue weighted by molar-refractivity contribution is 7.12. The fourth-order valence-corrected chi connectivity index (χ4v) is 2.79. The van der Waals surface area contributed by atoms with Crippen molar-refractivity contribution in [3.8, 4) is 11.8 Å². The molecule has 0 fully saturated rings. The molecule has 0 saturated carbocycles. The van der Waals surface area contributed by atoms with E-state index in [9.17, 15) is 4.79 Å². The molecule has 1 unspecified atom stereocenters. The van der Waals surface area contributed by atoms with E-state index in [0.717, 1.165) is 16.3 Å². The highest BCUT2D eigenvalue weighted by Gasteiger charge is 2.12. The maximum Gasteiger partial charge on any atom is 0.274 e. The summed E-state index contributed by atoms with van der Waals surface area (Å²) in [5.74, 6) is 5.68. The zero-order chi connectivity index (χ0) is 19.1. The molecule has 1 N–H and O–H groups in total. The number of hydroxylamine groups is 1. The highest BCUT2D eigenvalue weighted by atomic mass is 32.1. The van der Waals surface area contributed by atoms with E-state index in [1.165, 1.54) is 11.3 Å². The van der Waals surface area contributed by atoms with Crippen LogP contribution in [0.2, 0.25) is 0 Å². The first-order valence-electron chi connectivity index (χ1n) is 8.32. The second kappa shape index (κ2) is 9.03. The van der Waals surface area contributed by atoms with Gasteiger partial charge in [0.15, 0.2) is 11.1 Å². The molecule has 3 rings (SSSR count). The number of hydrogen-bond donors (Lipinski definition) is 1. The Labute approximate surface area is 161 Å². The number of hydrogen-bond acceptors (Lipinski definition) is 6. The number of nitrogens with one attached hydrogen (secondary N) is 1. The molecule has 7 heteroatoms. The summed E-state index contributed by atoms with van der Waals surface area (Å²) in [7, 11) is 0. The van der Waals surface area contributed by atoms with Gasteiger partial charge in [-0.15, -0.1) is 11.3 Å². The molecular weight excluding hydrogens is 360 g/mol. The third-order valence-electron chi connectivity index (χ3n) is 3.52. The second-order valence-corrected chi connectivity index (χ2v) is 7.04. The van der Waals surface area contributed by atoms with Crippen LogP contribution in [0.15, 0.2) is 48.9 Å². The number of amides is 1. The topological polar surface area (TPSA) is 77.0 Å². The molecular formula is C20H18N4O2S. The van der Waals surface area contributed by atoms with Crippen LogP contribution < -0.4 is 5.48 Å². The van der Waals surface area contributed by atoms with Crippen molar-refractivity contribution in [2.75, 3.05) is 0 Å². The lowest BCUT2D eigenvalue weighted by atomic mass is 10.2. The van der Waals surface area contributed by atoms with Gasteiger partial charge in [0.2, 0.25) is 0 Å². The van der Waals surface area contributed by atoms with Crippen LogP contribution in [-0.2, 0) is 11.3 Å². The van der Waals surface area contributed by atoms with Crippen LogP contribution in [0.25, 0.3) is 0 Å². The largest absolute Gasteiger partial charge is 0.274 e. The van der Waals surface area contributed by atoms with Gasteiger partial charge in [0.05, 0.1) is 11.4 Å². The van der Waals surface area contributed by atoms with Crippen molar-refractivity contribution in [2.24, 2.45) is 0 Å². The first-order valence-corrected chi connectivity index (χ1v) is 9.14. The normalized spacial score (nSPS) is 11.3. The lowest BCUT2D eigenvalue weighted by Crippen LogP contribution is -2.30. The molecule has 136 valence electrons. The third kappa shape index (κ3) is 5.71. The van der Waals surface area contributed by atoms with Crippen LogP contribution in [0.4, 0.5) is 0 Å². The van der Waals surface area contributed by atoms with Gasteiger partial charge in [-0.25, -0.2) is 10.5 Å². The van der Waals surface area contributed by atoms with Crippen LogP contribution in [0, 0.1) is 25.7 Å². The number of aryl methyl sites for hydroxylation is 2. The molecule has 3 aromatic rings. The van der Waals surface area contributed by atoms with Crippen LogP contribution in [0.5, 0.6) is 0 Å². The number of carbonyl (C=O) groups excluding carboxylic acids is 1. The predicted molar refractivity (Wildman–Crippen MR) is 103 cm³/mol. The molecule has 2 heterocycles. The Kier molecular flexibility index (Phi) is 6.26. The van der Waals surface area contributed by atoms with Gasteiger partial charge in [0, 0.05) is 35.5 Å². The molecule has 27 heavy (non-hydrogen) atoms. The smallest absolute Gasteiger partial charge is 0.267 e. The molecule has 1 atom stereocenters. The van der Waals surface area contributed by atoms with Gasteiger partial charge >= 0.3 is 0 Å². The summed E-state index contributed by atoms with van der Waals surface area (Å²) in [5.41, 5.74) is 4.53. The lowest BCUT2D eigenvalue weighted by molar-refractivity contribution is 0.00797. The molecule has 2 aromatic heterocycles. The van der Waals surface area contributed by atoms with Crippen molar-refractivity contribution in [1.82, 2.24) is 20.4 Å². The number of thiazole rings is 1. The SMILES string of the molecule is Cc1cnc(CC(C#Cc2ncc(C)s2)ONC(=O)c2ccccc2)cn1. The molecule has 0 bridgehead atoms. The van der Waals surface area contributed by atoms with Crippen molar-refractivity contribution in [3.63, 3.8) is 0 Å². The Balaban J connectivity index is 1.71. The predicted octanol–water partition coefficient (Wildman–Crippen LogP) is 2.87. The van der Waals surface area contributed by atoms with E-state index in [1.807, 2.05) is 19.9 Å². The molecule has 1 aromatic carbocycles. The third-order valence-corrected chi connectivity index (χ3v) is 4.35. The monoisotopic (exact) mass is 378 g/mol. The summed E-state index contributed by atoms with van der Waals surface area (Å²) in [6, 6.07) is 8.85. The Morgan fingerprint density at radius 2 is 1.96 bits per heavy atom. The van der Waals surface area contributed by atoms with Crippen LogP contribution in [0.3, 0.4) is 0 Å². The van der Waals surface area contributed by atoms with E-state index in [4.69, 9.17) is 4.84 Å². The average molecular weight is 378 g/mol. The van der Waals surface area contributed by atoms with Crippen molar-refractivity contribution < 1.29 is 9.63 Å². The number of aromatic nitrogens is 3. The van der Waals surface area contributed by atoms with E-state index < -0.39 is 6.10 Å². The Hall–Kier alpha value is -3.08. The second-order valence-electron chi connectivity index (χ2n) is 5.80. The van der Waals surface area contributed by atoms with Gasteiger partial charge < -0.3 is 0 Å². The van der Waals surface area contributed by atoms with Crippen molar-refractivity contribution in [2.45, 2.75) is 26.4 Å². The van der Waals surface area contributed by atoms with Gasteiger partial charge in [-0.05, 0) is 31.9 Å². The maximum absolute atomic E-state index is 12.2. The highest BCUT2D eigenvalue weighted by Crippen LogP contribution is 2.10. The molecule has 0 aliphatic rings. The fraction of sp³-hybridized carbons (Fsp3) is 0.200. The number of benzene rings is 1. The zero-order valence-electron chi connectivity index (χ0n) is 15.0. The van der Waals surface area contributed by atoms with Gasteiger partial charge in [0.25, 0.3) is 5.91 Å². The number of nitrogens with zero attached hydrogens (tertiary/aromatic N) is 3. The summed E-state index contributed by atoms with van der Waals surface area (Å²) >= 11 is 1.50. The van der Waals surface area contributed by atoms with Gasteiger partial charge in [-0.2, -0.15) is 0 Å². The summed E-state index contributed by atoms with van der Waals surface area (Å²) in [5, 5.41) is 0.700. The standard InChI is InChI=1S/C20H18N4O2S/c1-14-11-22-17(13-21-14)10-18(8-9-19-23-12-15(2)27-19)26-24-20(25)16-6-4-3-5-7-16/h3-7,11-13,18H,10H2,1-2H3,(H,24,25). The van der Waals surface area contributed by atoms with Crippen molar-refractivity contribution in [1.29, 1.82) is 0 Å². The minimum atomic E-state index is -0.584. The minimum absolute atomic E-state index is 0.331. The van der Waals surface area contributed by atoms with Crippen LogP contribution in [0.1, 0.15) is 31.6 Å². The molecule has 6 nitrogen and oxygen atoms in total.